The Bertz CT molecular complexity index is 843. The van der Waals surface area contributed by atoms with Gasteiger partial charge in [-0.05, 0) is 37.0 Å². The lowest BCUT2D eigenvalue weighted by molar-refractivity contribution is 0.138. The van der Waals surface area contributed by atoms with Crippen LogP contribution >= 0.6 is 0 Å². The molecule has 4 rings (SSSR count). The van der Waals surface area contributed by atoms with Crippen molar-refractivity contribution in [2.75, 3.05) is 13.2 Å². The number of amides is 2. The lowest BCUT2D eigenvalue weighted by Gasteiger charge is -2.31. The van der Waals surface area contributed by atoms with Gasteiger partial charge in [0, 0.05) is 25.2 Å². The minimum Gasteiger partial charge on any atom is -0.472 e. The van der Waals surface area contributed by atoms with Gasteiger partial charge in [0.15, 0.2) is 0 Å². The second-order valence-corrected chi connectivity index (χ2v) is 8.07. The highest BCUT2D eigenvalue weighted by Gasteiger charge is 2.37. The second kappa shape index (κ2) is 8.82. The summed E-state index contributed by atoms with van der Waals surface area (Å²) in [7, 11) is 0. The molecule has 2 aromatic rings. The molecule has 6 nitrogen and oxygen atoms in total. The van der Waals surface area contributed by atoms with Gasteiger partial charge < -0.3 is 20.1 Å². The van der Waals surface area contributed by atoms with Crippen LogP contribution in [-0.2, 0) is 16.8 Å². The first-order valence-corrected chi connectivity index (χ1v) is 10.5. The minimum absolute atomic E-state index is 0.0607. The number of urea groups is 1. The SMILES string of the molecule is Cc1cccc(C2(NC(=O)NCc3ccnc(OC4CCOC4)c3)CCCC2)c1. The maximum absolute atomic E-state index is 12.7. The average molecular weight is 396 g/mol. The van der Waals surface area contributed by atoms with Crippen molar-refractivity contribution in [1.82, 2.24) is 15.6 Å². The second-order valence-electron chi connectivity index (χ2n) is 8.07. The van der Waals surface area contributed by atoms with Crippen LogP contribution in [0.1, 0.15) is 48.8 Å². The molecule has 0 radical (unpaired) electrons. The fraction of sp³-hybridized carbons (Fsp3) is 0.478. The van der Waals surface area contributed by atoms with Crippen molar-refractivity contribution in [3.05, 3.63) is 59.3 Å². The lowest BCUT2D eigenvalue weighted by Crippen LogP contribution is -2.48. The third kappa shape index (κ3) is 4.88. The van der Waals surface area contributed by atoms with E-state index >= 15 is 0 Å². The molecular formula is C23H29N3O3. The molecule has 154 valence electrons. The summed E-state index contributed by atoms with van der Waals surface area (Å²) in [6, 6.07) is 12.1. The van der Waals surface area contributed by atoms with Gasteiger partial charge in [-0.2, -0.15) is 0 Å². The molecule has 0 bridgehead atoms. The normalized spacial score (nSPS) is 20.4. The van der Waals surface area contributed by atoms with E-state index in [0.29, 0.717) is 19.0 Å². The van der Waals surface area contributed by atoms with Crippen LogP contribution in [0.4, 0.5) is 4.79 Å². The monoisotopic (exact) mass is 395 g/mol. The van der Waals surface area contributed by atoms with E-state index in [1.165, 1.54) is 11.1 Å². The molecule has 2 fully saturated rings. The highest BCUT2D eigenvalue weighted by atomic mass is 16.5. The molecule has 2 N–H and O–H groups in total. The van der Waals surface area contributed by atoms with Crippen LogP contribution in [0.5, 0.6) is 5.88 Å². The number of benzene rings is 1. The number of carbonyl (C=O) groups excluding carboxylic acids is 1. The third-order valence-corrected chi connectivity index (χ3v) is 5.81. The quantitative estimate of drug-likeness (QED) is 0.780. The van der Waals surface area contributed by atoms with E-state index in [-0.39, 0.29) is 17.7 Å². The van der Waals surface area contributed by atoms with Gasteiger partial charge in [-0.15, -0.1) is 0 Å². The molecule has 2 heterocycles. The smallest absolute Gasteiger partial charge is 0.315 e. The number of hydrogen-bond donors (Lipinski definition) is 2. The molecule has 6 heteroatoms. The number of aromatic nitrogens is 1. The van der Waals surface area contributed by atoms with Crippen molar-refractivity contribution in [2.45, 2.75) is 57.2 Å². The van der Waals surface area contributed by atoms with E-state index in [1.54, 1.807) is 6.20 Å². The average Bonchev–Trinajstić information content (AvgIpc) is 3.40. The predicted octanol–water partition coefficient (Wildman–Crippen LogP) is 3.83. The maximum Gasteiger partial charge on any atom is 0.315 e. The Morgan fingerprint density at radius 2 is 2.14 bits per heavy atom. The first kappa shape index (κ1) is 19.7. The number of aryl methyl sites for hydroxylation is 1. The zero-order valence-electron chi connectivity index (χ0n) is 16.9. The van der Waals surface area contributed by atoms with Crippen LogP contribution in [0.15, 0.2) is 42.6 Å². The fourth-order valence-electron chi connectivity index (χ4n) is 4.25. The van der Waals surface area contributed by atoms with Crippen molar-refractivity contribution in [1.29, 1.82) is 0 Å². The van der Waals surface area contributed by atoms with Crippen LogP contribution < -0.4 is 15.4 Å². The molecule has 2 aliphatic rings. The molecule has 1 aliphatic carbocycles. The van der Waals surface area contributed by atoms with Crippen molar-refractivity contribution in [3.8, 4) is 5.88 Å². The van der Waals surface area contributed by atoms with E-state index in [2.05, 4.69) is 46.8 Å². The van der Waals surface area contributed by atoms with Gasteiger partial charge in [-0.25, -0.2) is 9.78 Å². The number of carbonyl (C=O) groups is 1. The summed E-state index contributed by atoms with van der Waals surface area (Å²) in [6.45, 7) is 3.85. The maximum atomic E-state index is 12.7. The number of nitrogens with zero attached hydrogens (tertiary/aromatic N) is 1. The summed E-state index contributed by atoms with van der Waals surface area (Å²) >= 11 is 0. The summed E-state index contributed by atoms with van der Waals surface area (Å²) in [5.74, 6) is 0.576. The van der Waals surface area contributed by atoms with Crippen LogP contribution in [0, 0.1) is 6.92 Å². The van der Waals surface area contributed by atoms with Crippen LogP contribution in [0.25, 0.3) is 0 Å². The van der Waals surface area contributed by atoms with E-state index in [4.69, 9.17) is 9.47 Å². The minimum atomic E-state index is -0.273. The highest BCUT2D eigenvalue weighted by molar-refractivity contribution is 5.75. The summed E-state index contributed by atoms with van der Waals surface area (Å²) < 4.78 is 11.2. The Kier molecular flexibility index (Phi) is 6.00. The highest BCUT2D eigenvalue weighted by Crippen LogP contribution is 2.39. The van der Waals surface area contributed by atoms with Crippen LogP contribution in [0.3, 0.4) is 0 Å². The molecule has 29 heavy (non-hydrogen) atoms. The Hall–Kier alpha value is -2.60. The first-order valence-electron chi connectivity index (χ1n) is 10.5. The van der Waals surface area contributed by atoms with E-state index in [9.17, 15) is 4.79 Å². The standard InChI is InChI=1S/C23H29N3O3/c1-17-5-4-6-19(13-17)23(9-2-3-10-23)26-22(27)25-15-18-7-11-24-21(14-18)29-20-8-12-28-16-20/h4-7,11,13-14,20H,2-3,8-10,12,15-16H2,1H3,(H2,25,26,27). The van der Waals surface area contributed by atoms with Gasteiger partial charge in [-0.3, -0.25) is 0 Å². The molecule has 1 aromatic heterocycles. The molecule has 1 aliphatic heterocycles. The van der Waals surface area contributed by atoms with Crippen LogP contribution in [0.2, 0.25) is 0 Å². The Morgan fingerprint density at radius 3 is 2.90 bits per heavy atom. The molecule has 1 aromatic carbocycles. The number of ether oxygens (including phenoxy) is 2. The molecule has 1 atom stereocenters. The largest absolute Gasteiger partial charge is 0.472 e. The van der Waals surface area contributed by atoms with Gasteiger partial charge in [0.05, 0.1) is 18.8 Å². The van der Waals surface area contributed by atoms with Gasteiger partial charge in [0.25, 0.3) is 0 Å². The lowest BCUT2D eigenvalue weighted by atomic mass is 9.87. The van der Waals surface area contributed by atoms with E-state index in [1.807, 2.05) is 12.1 Å². The molecule has 1 saturated carbocycles. The van der Waals surface area contributed by atoms with Crippen LogP contribution in [-0.4, -0.2) is 30.3 Å². The molecule has 2 amide bonds. The molecule has 1 saturated heterocycles. The third-order valence-electron chi connectivity index (χ3n) is 5.81. The van der Waals surface area contributed by atoms with E-state index in [0.717, 1.165) is 44.3 Å². The zero-order chi connectivity index (χ0) is 20.1. The number of hydrogen-bond acceptors (Lipinski definition) is 4. The van der Waals surface area contributed by atoms with Crippen molar-refractivity contribution in [2.24, 2.45) is 0 Å². The van der Waals surface area contributed by atoms with Crippen molar-refractivity contribution in [3.63, 3.8) is 0 Å². The Balaban J connectivity index is 1.36. The predicted molar refractivity (Wildman–Crippen MR) is 111 cm³/mol. The summed E-state index contributed by atoms with van der Waals surface area (Å²) in [5.41, 5.74) is 3.10. The van der Waals surface area contributed by atoms with Gasteiger partial charge >= 0.3 is 6.03 Å². The van der Waals surface area contributed by atoms with Crippen molar-refractivity contribution >= 4 is 6.03 Å². The fourth-order valence-corrected chi connectivity index (χ4v) is 4.25. The van der Waals surface area contributed by atoms with E-state index < -0.39 is 0 Å². The Labute approximate surface area is 172 Å². The molecule has 1 unspecified atom stereocenters. The summed E-state index contributed by atoms with van der Waals surface area (Å²) in [6.07, 6.45) is 6.86. The first-order chi connectivity index (χ1) is 14.1. The molecule has 0 spiro atoms. The molecular weight excluding hydrogens is 366 g/mol. The van der Waals surface area contributed by atoms with Gasteiger partial charge in [0.2, 0.25) is 5.88 Å². The Morgan fingerprint density at radius 1 is 1.28 bits per heavy atom. The zero-order valence-corrected chi connectivity index (χ0v) is 16.9. The summed E-state index contributed by atoms with van der Waals surface area (Å²) in [5, 5.41) is 6.26. The topological polar surface area (TPSA) is 72.5 Å². The van der Waals surface area contributed by atoms with Gasteiger partial charge in [-0.1, -0.05) is 42.7 Å². The number of pyridine rings is 1. The van der Waals surface area contributed by atoms with Gasteiger partial charge in [0.1, 0.15) is 6.10 Å². The summed E-state index contributed by atoms with van der Waals surface area (Å²) in [4.78, 5) is 17.0. The number of nitrogens with one attached hydrogen (secondary N) is 2. The van der Waals surface area contributed by atoms with Crippen molar-refractivity contribution < 1.29 is 14.3 Å². The number of rotatable bonds is 6.